The third-order valence-corrected chi connectivity index (χ3v) is 6.18. The molecule has 0 heterocycles. The highest BCUT2D eigenvalue weighted by Gasteiger charge is 2.61. The molecule has 0 radical (unpaired) electrons. The number of hydrogen-bond donors (Lipinski definition) is 2. The van der Waals surface area contributed by atoms with Gasteiger partial charge in [0.1, 0.15) is 11.5 Å². The zero-order chi connectivity index (χ0) is 13.1. The van der Waals surface area contributed by atoms with E-state index >= 15 is 0 Å². The van der Waals surface area contributed by atoms with Gasteiger partial charge in [0.05, 0.1) is 0 Å². The molecule has 1 aromatic rings. The largest absolute Gasteiger partial charge is 0.508 e. The molecule has 3 atom stereocenters. The van der Waals surface area contributed by atoms with Gasteiger partial charge in [-0.3, -0.25) is 0 Å². The van der Waals surface area contributed by atoms with E-state index in [9.17, 15) is 10.2 Å². The molecule has 2 nitrogen and oxygen atoms in total. The smallest absolute Gasteiger partial charge is 0.119 e. The number of fused-ring (bicyclic) bond motifs is 2. The van der Waals surface area contributed by atoms with E-state index in [0.717, 1.165) is 17.9 Å². The summed E-state index contributed by atoms with van der Waals surface area (Å²) in [4.78, 5) is 0. The van der Waals surface area contributed by atoms with Gasteiger partial charge in [0.15, 0.2) is 0 Å². The van der Waals surface area contributed by atoms with Gasteiger partial charge in [-0.25, -0.2) is 0 Å². The van der Waals surface area contributed by atoms with E-state index in [1.54, 1.807) is 18.2 Å². The van der Waals surface area contributed by atoms with Crippen molar-refractivity contribution in [2.75, 3.05) is 0 Å². The number of phenols is 2. The lowest BCUT2D eigenvalue weighted by Gasteiger charge is -2.39. The second-order valence-electron chi connectivity index (χ2n) is 6.91. The van der Waals surface area contributed by atoms with Gasteiger partial charge in [-0.15, -0.1) is 0 Å². The Morgan fingerprint density at radius 2 is 1.89 bits per heavy atom. The van der Waals surface area contributed by atoms with Crippen LogP contribution in [-0.4, -0.2) is 10.2 Å². The molecule has 2 aliphatic carbocycles. The maximum absolute atomic E-state index is 10.1. The third-order valence-electron chi connectivity index (χ3n) is 6.18. The molecular weight excluding hydrogens is 224 g/mol. The fourth-order valence-electron chi connectivity index (χ4n) is 4.49. The van der Waals surface area contributed by atoms with Crippen molar-refractivity contribution < 1.29 is 10.2 Å². The Labute approximate surface area is 109 Å². The van der Waals surface area contributed by atoms with Crippen molar-refractivity contribution in [3.8, 4) is 11.5 Å². The molecule has 18 heavy (non-hydrogen) atoms. The van der Waals surface area contributed by atoms with Gasteiger partial charge >= 0.3 is 0 Å². The Hall–Kier alpha value is -1.18. The second-order valence-corrected chi connectivity index (χ2v) is 6.91. The van der Waals surface area contributed by atoms with Crippen LogP contribution in [0.25, 0.3) is 0 Å². The first-order valence-electron chi connectivity index (χ1n) is 6.88. The van der Waals surface area contributed by atoms with Crippen LogP contribution in [0, 0.1) is 16.7 Å². The number of aromatic hydroxyl groups is 2. The zero-order valence-electron chi connectivity index (χ0n) is 11.4. The van der Waals surface area contributed by atoms with Crippen molar-refractivity contribution in [1.29, 1.82) is 0 Å². The average molecular weight is 246 g/mol. The predicted octanol–water partition coefficient (Wildman–Crippen LogP) is 4.03. The molecule has 3 unspecified atom stereocenters. The summed E-state index contributed by atoms with van der Waals surface area (Å²) in [5, 5.41) is 19.8. The monoisotopic (exact) mass is 246 g/mol. The summed E-state index contributed by atoms with van der Waals surface area (Å²) in [5.41, 5.74) is 1.51. The zero-order valence-corrected chi connectivity index (χ0v) is 11.4. The Morgan fingerprint density at radius 3 is 2.44 bits per heavy atom. The van der Waals surface area contributed by atoms with Gasteiger partial charge in [0.25, 0.3) is 0 Å². The Balaban J connectivity index is 2.07. The topological polar surface area (TPSA) is 40.5 Å². The molecule has 2 aliphatic rings. The summed E-state index contributed by atoms with van der Waals surface area (Å²) in [6, 6.07) is 4.93. The van der Waals surface area contributed by atoms with Crippen LogP contribution >= 0.6 is 0 Å². The van der Waals surface area contributed by atoms with Crippen molar-refractivity contribution in [3.63, 3.8) is 0 Å². The van der Waals surface area contributed by atoms with Crippen LogP contribution in [-0.2, 0) is 0 Å². The average Bonchev–Trinajstić information content (AvgIpc) is 2.64. The van der Waals surface area contributed by atoms with E-state index in [1.807, 2.05) is 0 Å². The van der Waals surface area contributed by atoms with Crippen LogP contribution in [0.5, 0.6) is 11.5 Å². The van der Waals surface area contributed by atoms with Gasteiger partial charge in [-0.1, -0.05) is 20.8 Å². The van der Waals surface area contributed by atoms with Crippen LogP contribution < -0.4 is 0 Å². The maximum Gasteiger partial charge on any atom is 0.119 e. The second kappa shape index (κ2) is 3.43. The van der Waals surface area contributed by atoms with Gasteiger partial charge in [-0.2, -0.15) is 0 Å². The standard InChI is InChI=1S/C16H22O2/c1-15(2)10-6-7-16(15,3)13(8-10)12-9-11(17)4-5-14(12)18/h4-5,9-10,13,17-18H,6-8H2,1-3H3. The molecule has 3 rings (SSSR count). The molecule has 0 saturated heterocycles. The van der Waals surface area contributed by atoms with Gasteiger partial charge in [-0.05, 0) is 60.1 Å². The van der Waals surface area contributed by atoms with E-state index in [-0.39, 0.29) is 11.2 Å². The van der Waals surface area contributed by atoms with Crippen LogP contribution in [0.3, 0.4) is 0 Å². The fourth-order valence-corrected chi connectivity index (χ4v) is 4.49. The van der Waals surface area contributed by atoms with Crippen LogP contribution in [0.4, 0.5) is 0 Å². The molecule has 1 aromatic carbocycles. The highest BCUT2D eigenvalue weighted by Crippen LogP contribution is 2.71. The van der Waals surface area contributed by atoms with Gasteiger partial charge in [0, 0.05) is 5.56 Å². The summed E-state index contributed by atoms with van der Waals surface area (Å²) in [7, 11) is 0. The van der Waals surface area contributed by atoms with E-state index in [2.05, 4.69) is 20.8 Å². The molecule has 2 heteroatoms. The van der Waals surface area contributed by atoms with Crippen LogP contribution in [0.2, 0.25) is 0 Å². The minimum atomic E-state index is 0.239. The summed E-state index contributed by atoms with van der Waals surface area (Å²) >= 11 is 0. The number of benzene rings is 1. The first-order valence-corrected chi connectivity index (χ1v) is 6.88. The normalized spacial score (nSPS) is 37.1. The van der Waals surface area contributed by atoms with Crippen molar-refractivity contribution in [2.45, 2.75) is 46.0 Å². The minimum absolute atomic E-state index is 0.239. The van der Waals surface area contributed by atoms with Gasteiger partial charge < -0.3 is 10.2 Å². The Morgan fingerprint density at radius 1 is 1.17 bits per heavy atom. The first-order chi connectivity index (χ1) is 8.36. The predicted molar refractivity (Wildman–Crippen MR) is 71.7 cm³/mol. The van der Waals surface area contributed by atoms with Crippen molar-refractivity contribution in [3.05, 3.63) is 23.8 Å². The highest BCUT2D eigenvalue weighted by molar-refractivity contribution is 5.43. The summed E-state index contributed by atoms with van der Waals surface area (Å²) < 4.78 is 0. The van der Waals surface area contributed by atoms with Crippen LogP contribution in [0.15, 0.2) is 18.2 Å². The summed E-state index contributed by atoms with van der Waals surface area (Å²) in [6.07, 6.45) is 3.67. The molecule has 2 N–H and O–H groups in total. The molecule has 0 amide bonds. The van der Waals surface area contributed by atoms with Crippen molar-refractivity contribution in [2.24, 2.45) is 16.7 Å². The quantitative estimate of drug-likeness (QED) is 0.734. The number of rotatable bonds is 1. The molecule has 0 aromatic heterocycles. The third kappa shape index (κ3) is 1.29. The van der Waals surface area contributed by atoms with E-state index in [1.165, 1.54) is 12.8 Å². The summed E-state index contributed by atoms with van der Waals surface area (Å²) in [6.45, 7) is 7.09. The molecule has 2 fully saturated rings. The first kappa shape index (κ1) is 11.9. The summed E-state index contributed by atoms with van der Waals surface area (Å²) in [5.74, 6) is 1.71. The van der Waals surface area contributed by atoms with E-state index in [4.69, 9.17) is 0 Å². The van der Waals surface area contributed by atoms with E-state index < -0.39 is 0 Å². The molecule has 0 aliphatic heterocycles. The van der Waals surface area contributed by atoms with Crippen molar-refractivity contribution in [1.82, 2.24) is 0 Å². The number of hydrogen-bond acceptors (Lipinski definition) is 2. The fraction of sp³-hybridized carbons (Fsp3) is 0.625. The molecule has 0 spiro atoms. The molecule has 2 saturated carbocycles. The lowest BCUT2D eigenvalue weighted by atomic mass is 9.65. The lowest BCUT2D eigenvalue weighted by Crippen LogP contribution is -2.31. The maximum atomic E-state index is 10.1. The highest BCUT2D eigenvalue weighted by atomic mass is 16.3. The Kier molecular flexibility index (Phi) is 2.27. The minimum Gasteiger partial charge on any atom is -0.508 e. The van der Waals surface area contributed by atoms with Crippen LogP contribution in [0.1, 0.15) is 51.5 Å². The molecule has 2 bridgehead atoms. The SMILES string of the molecule is CC1(C)C2CCC1(C)C(c1cc(O)ccc1O)C2. The number of phenolic OH excluding ortho intramolecular Hbond substituents is 2. The van der Waals surface area contributed by atoms with E-state index in [0.29, 0.717) is 17.1 Å². The van der Waals surface area contributed by atoms with Gasteiger partial charge in [0.2, 0.25) is 0 Å². The lowest BCUT2D eigenvalue weighted by molar-refractivity contribution is 0.133. The van der Waals surface area contributed by atoms with Crippen molar-refractivity contribution >= 4 is 0 Å². The molecular formula is C16H22O2. The molecule has 98 valence electrons. The Bertz CT molecular complexity index is 492.